The molecule has 0 radical (unpaired) electrons. The number of hydrogen-bond donors (Lipinski definition) is 2. The zero-order chi connectivity index (χ0) is 47.4. The van der Waals surface area contributed by atoms with Crippen LogP contribution in [0.3, 0.4) is 0 Å². The van der Waals surface area contributed by atoms with Crippen LogP contribution in [0.1, 0.15) is 74.4 Å². The predicted molar refractivity (Wildman–Crippen MR) is 245 cm³/mol. The minimum atomic E-state index is -2.95. The van der Waals surface area contributed by atoms with Crippen LogP contribution in [-0.4, -0.2) is 160 Å². The Morgan fingerprint density at radius 1 is 0.985 bits per heavy atom. The van der Waals surface area contributed by atoms with E-state index >= 15 is 13.6 Å². The Morgan fingerprint density at radius 2 is 1.75 bits per heavy atom. The van der Waals surface area contributed by atoms with Gasteiger partial charge in [-0.25, -0.2) is 13.6 Å². The lowest BCUT2D eigenvalue weighted by atomic mass is 9.47. The Morgan fingerprint density at radius 3 is 2.43 bits per heavy atom. The lowest BCUT2D eigenvalue weighted by Gasteiger charge is -2.63. The van der Waals surface area contributed by atoms with Crippen LogP contribution in [0.4, 0.5) is 14.5 Å². The van der Waals surface area contributed by atoms with Crippen LogP contribution < -0.4 is 9.64 Å². The smallest absolute Gasteiger partial charge is 0.344 e. The van der Waals surface area contributed by atoms with E-state index in [0.29, 0.717) is 81.3 Å². The van der Waals surface area contributed by atoms with Crippen molar-refractivity contribution in [2.45, 2.75) is 100.0 Å². The Kier molecular flexibility index (Phi) is 11.4. The third-order valence-corrected chi connectivity index (χ3v) is 17.2. The maximum Gasteiger partial charge on any atom is 0.344 e. The van der Waals surface area contributed by atoms with E-state index in [0.717, 1.165) is 54.2 Å². The number of H-pyrrole nitrogens is 1. The molecule has 2 aromatic carbocycles. The van der Waals surface area contributed by atoms with Crippen LogP contribution >= 0.6 is 0 Å². The number of ether oxygens (including phenoxy) is 5. The van der Waals surface area contributed by atoms with Gasteiger partial charge in [-0.2, -0.15) is 0 Å². The van der Waals surface area contributed by atoms with Gasteiger partial charge in [0.25, 0.3) is 0 Å². The first-order chi connectivity index (χ1) is 32.0. The molecule has 3 aromatic rings. The number of piperidine rings is 1. The highest BCUT2D eigenvalue weighted by molar-refractivity contribution is 5.95. The molecule has 7 heterocycles. The van der Waals surface area contributed by atoms with Gasteiger partial charge in [0.1, 0.15) is 11.2 Å². The van der Waals surface area contributed by atoms with Crippen LogP contribution in [0.2, 0.25) is 0 Å². The number of halogens is 2. The second-order valence-electron chi connectivity index (χ2n) is 20.6. The summed E-state index contributed by atoms with van der Waals surface area (Å²) in [5.41, 5.74) is -0.479. The van der Waals surface area contributed by atoms with Gasteiger partial charge in [-0.3, -0.25) is 19.4 Å². The number of hydrogen-bond acceptors (Lipinski definition) is 13. The van der Waals surface area contributed by atoms with E-state index in [1.165, 1.54) is 21.1 Å². The van der Waals surface area contributed by atoms with Crippen LogP contribution in [0.15, 0.2) is 42.5 Å². The van der Waals surface area contributed by atoms with Crippen LogP contribution in [0.5, 0.6) is 5.75 Å². The molecule has 2 bridgehead atoms. The summed E-state index contributed by atoms with van der Waals surface area (Å²) in [5, 5.41) is 14.4. The average Bonchev–Trinajstić information content (AvgIpc) is 3.97. The van der Waals surface area contributed by atoms with E-state index < -0.39 is 63.7 Å². The van der Waals surface area contributed by atoms with Gasteiger partial charge in [-0.1, -0.05) is 25.1 Å². The zero-order valence-electron chi connectivity index (χ0n) is 39.8. The van der Waals surface area contributed by atoms with Crippen molar-refractivity contribution in [1.29, 1.82) is 0 Å². The minimum absolute atomic E-state index is 0.141. The Hall–Kier alpha value is -4.61. The van der Waals surface area contributed by atoms with E-state index in [9.17, 15) is 14.7 Å². The standard InChI is InChI=1S/C51H65F2N5O9/c1-8-48-13-9-15-58-17-14-49(42(48)58)36-24-37(40(63-5)25-39(36)55(4)43(49)51(62,46(61)65-7)44(48)67-30(2)59)50(45(60)64-6)26-32-22-33(47(3,52)53)29-57(28-32)16-12-34-35-23-31(10-11-38(35)54-41(34)50)27-56-18-20-66-21-19-56/h9-11,13,23-25,32-33,42-44,54,62H,8,12,14-22,26-29H2,1-7H3/t32?,33?,42?,43?,44-,48-,49?,50-,51+/m0/s1. The highest BCUT2D eigenvalue weighted by Crippen LogP contribution is 2.68. The van der Waals surface area contributed by atoms with Gasteiger partial charge in [0.2, 0.25) is 11.5 Å². The number of rotatable bonds is 9. The lowest BCUT2D eigenvalue weighted by molar-refractivity contribution is -0.228. The molecule has 1 aromatic heterocycles. The SMILES string of the molecule is CC[C@@]12C=CCN3CCC4(c5cc([C@@]6(C(=O)OC)CC7CC(C(C)(F)F)CN(CCc8c6[nH]c6ccc(CN9CCOCC9)cc86)C7)c(OC)cc5N(C)C4[C@](O)(C(=O)OC)[C@H]1OC(C)=O)C32. The molecular weight excluding hydrogens is 865 g/mol. The van der Waals surface area contributed by atoms with Crippen LogP contribution in [-0.2, 0) is 57.1 Å². The van der Waals surface area contributed by atoms with Gasteiger partial charge < -0.3 is 43.6 Å². The molecular formula is C51H65F2N5O9. The molecule has 1 aliphatic carbocycles. The van der Waals surface area contributed by atoms with E-state index in [4.69, 9.17) is 23.7 Å². The van der Waals surface area contributed by atoms with Gasteiger partial charge in [0, 0.05) is 116 Å². The minimum Gasteiger partial charge on any atom is -0.496 e. The highest BCUT2D eigenvalue weighted by atomic mass is 19.3. The third-order valence-electron chi connectivity index (χ3n) is 17.2. The molecule has 67 heavy (non-hydrogen) atoms. The van der Waals surface area contributed by atoms with E-state index in [2.05, 4.69) is 37.9 Å². The maximum absolute atomic E-state index is 15.6. The molecule has 4 fully saturated rings. The summed E-state index contributed by atoms with van der Waals surface area (Å²) in [6, 6.07) is 8.95. The summed E-state index contributed by atoms with van der Waals surface area (Å²) >= 11 is 0. The number of nitrogens with one attached hydrogen (secondary N) is 1. The molecule has 1 saturated carbocycles. The normalized spacial score (nSPS) is 34.8. The summed E-state index contributed by atoms with van der Waals surface area (Å²) in [6.45, 7) is 10.5. The maximum atomic E-state index is 15.6. The molecule has 10 rings (SSSR count). The first-order valence-corrected chi connectivity index (χ1v) is 24.0. The Balaban J connectivity index is 1.24. The fourth-order valence-electron chi connectivity index (χ4n) is 14.6. The average molecular weight is 930 g/mol. The van der Waals surface area contributed by atoms with Crippen LogP contribution in [0, 0.1) is 17.3 Å². The monoisotopic (exact) mass is 929 g/mol. The fourth-order valence-corrected chi connectivity index (χ4v) is 14.6. The predicted octanol–water partition coefficient (Wildman–Crippen LogP) is 4.95. The Labute approximate surface area is 390 Å². The van der Waals surface area contributed by atoms with Crippen molar-refractivity contribution in [3.63, 3.8) is 0 Å². The summed E-state index contributed by atoms with van der Waals surface area (Å²) in [6.07, 6.45) is 4.49. The summed E-state index contributed by atoms with van der Waals surface area (Å²) < 4.78 is 60.8. The van der Waals surface area contributed by atoms with Crippen molar-refractivity contribution in [2.24, 2.45) is 17.3 Å². The third kappa shape index (κ3) is 6.65. The number of aromatic nitrogens is 1. The number of carbonyl (C=O) groups excluding carboxylic acids is 3. The number of aliphatic hydroxyl groups is 1. The topological polar surface area (TPSA) is 146 Å². The van der Waals surface area contributed by atoms with Gasteiger partial charge in [0.15, 0.2) is 6.10 Å². The quantitative estimate of drug-likeness (QED) is 0.170. The van der Waals surface area contributed by atoms with Crippen molar-refractivity contribution in [1.82, 2.24) is 19.7 Å². The molecule has 16 heteroatoms. The van der Waals surface area contributed by atoms with Crippen molar-refractivity contribution in [3.8, 4) is 5.75 Å². The summed E-state index contributed by atoms with van der Waals surface area (Å²) in [7, 11) is 6.00. The van der Waals surface area contributed by atoms with Gasteiger partial charge in [0.05, 0.1) is 40.6 Å². The number of alkyl halides is 2. The van der Waals surface area contributed by atoms with E-state index in [1.807, 2.05) is 43.2 Å². The molecule has 3 saturated heterocycles. The number of nitrogens with zero attached hydrogens (tertiary/aromatic N) is 4. The first-order valence-electron chi connectivity index (χ1n) is 24.0. The molecule has 362 valence electrons. The second kappa shape index (κ2) is 16.5. The van der Waals surface area contributed by atoms with Crippen molar-refractivity contribution < 1.29 is 52.0 Å². The number of fused-ring (bicyclic) bond motifs is 6. The largest absolute Gasteiger partial charge is 0.496 e. The highest BCUT2D eigenvalue weighted by Gasteiger charge is 2.80. The number of likely N-dealkylation sites (N-methyl/N-ethyl adjacent to an activating group) is 1. The summed E-state index contributed by atoms with van der Waals surface area (Å²) in [5.74, 6) is -5.97. The van der Waals surface area contributed by atoms with Gasteiger partial charge in [-0.15, -0.1) is 0 Å². The molecule has 1 spiro atoms. The van der Waals surface area contributed by atoms with Crippen molar-refractivity contribution in [2.75, 3.05) is 92.3 Å². The van der Waals surface area contributed by atoms with Gasteiger partial charge in [-0.05, 0) is 86.4 Å². The van der Waals surface area contributed by atoms with Crippen molar-refractivity contribution in [3.05, 3.63) is 70.4 Å². The molecule has 14 nitrogen and oxygen atoms in total. The second-order valence-corrected chi connectivity index (χ2v) is 20.6. The number of benzene rings is 2. The molecule has 6 unspecified atom stereocenters. The number of anilines is 1. The fraction of sp³-hybridized carbons (Fsp3) is 0.627. The molecule has 7 aliphatic rings. The summed E-state index contributed by atoms with van der Waals surface area (Å²) in [4.78, 5) is 55.7. The lowest BCUT2D eigenvalue weighted by Crippen LogP contribution is -2.81. The van der Waals surface area contributed by atoms with Gasteiger partial charge >= 0.3 is 17.9 Å². The Bertz CT molecular complexity index is 2500. The number of carbonyl (C=O) groups is 3. The zero-order valence-corrected chi connectivity index (χ0v) is 39.8. The first kappa shape index (κ1) is 46.1. The number of esters is 3. The number of morpholine rings is 1. The molecule has 6 aliphatic heterocycles. The number of aromatic amines is 1. The number of methoxy groups -OCH3 is 3. The van der Waals surface area contributed by atoms with E-state index in [1.54, 1.807) is 7.11 Å². The van der Waals surface area contributed by atoms with Crippen molar-refractivity contribution >= 4 is 34.5 Å². The molecule has 10 atom stereocenters. The molecule has 2 N–H and O–H groups in total. The molecule has 0 amide bonds. The van der Waals surface area contributed by atoms with Crippen LogP contribution in [0.25, 0.3) is 10.9 Å². The van der Waals surface area contributed by atoms with E-state index in [-0.39, 0.29) is 31.3 Å².